The number of aliphatic imine (C=N–C) groups is 1. The lowest BCUT2D eigenvalue weighted by Crippen LogP contribution is -2.43. The van der Waals surface area contributed by atoms with Crippen LogP contribution in [0.5, 0.6) is 0 Å². The van der Waals surface area contributed by atoms with Crippen molar-refractivity contribution >= 4 is 29.3 Å². The maximum atomic E-state index is 11.8. The summed E-state index contributed by atoms with van der Waals surface area (Å²) < 4.78 is 0. The smallest absolute Gasteiger partial charge is 0.243 e. The number of benzene rings is 1. The van der Waals surface area contributed by atoms with Crippen LogP contribution < -0.4 is 16.0 Å². The number of carbonyl (C=O) groups is 1. The van der Waals surface area contributed by atoms with Crippen LogP contribution in [0.15, 0.2) is 35.3 Å². The average molecular weight is 306 g/mol. The van der Waals surface area contributed by atoms with E-state index < -0.39 is 0 Å². The van der Waals surface area contributed by atoms with Gasteiger partial charge in [-0.25, -0.2) is 0 Å². The fourth-order valence-corrected chi connectivity index (χ4v) is 3.33. The van der Waals surface area contributed by atoms with Crippen LogP contribution in [0.1, 0.15) is 12.8 Å². The molecule has 114 valence electrons. The van der Waals surface area contributed by atoms with Crippen LogP contribution >= 0.6 is 11.8 Å². The molecule has 1 aromatic rings. The van der Waals surface area contributed by atoms with Gasteiger partial charge in [0.2, 0.25) is 5.91 Å². The van der Waals surface area contributed by atoms with E-state index in [1.807, 2.05) is 42.1 Å². The molecule has 0 spiro atoms. The van der Waals surface area contributed by atoms with Crippen LogP contribution in [-0.4, -0.2) is 43.0 Å². The number of hydrogen-bond acceptors (Lipinski definition) is 3. The standard InChI is InChI=1S/C15H22N4OS/c1-16-15(17-10-13-8-5-9-21-13)18-11-14(20)19-12-6-3-2-4-7-12/h2-4,6-7,13H,5,8-11H2,1H3,(H,19,20)(H2,16,17,18). The fraction of sp³-hybridized carbons (Fsp3) is 0.467. The second-order valence-corrected chi connectivity index (χ2v) is 6.26. The van der Waals surface area contributed by atoms with Crippen molar-refractivity contribution in [3.63, 3.8) is 0 Å². The highest BCUT2D eigenvalue weighted by Gasteiger charge is 2.15. The van der Waals surface area contributed by atoms with E-state index in [-0.39, 0.29) is 12.5 Å². The number of hydrogen-bond donors (Lipinski definition) is 3. The third-order valence-electron chi connectivity index (χ3n) is 3.22. The minimum Gasteiger partial charge on any atom is -0.355 e. The number of rotatable bonds is 5. The van der Waals surface area contributed by atoms with Gasteiger partial charge in [0.15, 0.2) is 5.96 Å². The largest absolute Gasteiger partial charge is 0.355 e. The Bertz CT molecular complexity index is 472. The summed E-state index contributed by atoms with van der Waals surface area (Å²) in [7, 11) is 1.71. The molecule has 0 radical (unpaired) electrons. The fourth-order valence-electron chi connectivity index (χ4n) is 2.13. The van der Waals surface area contributed by atoms with Crippen molar-refractivity contribution in [2.45, 2.75) is 18.1 Å². The molecular formula is C15H22N4OS. The summed E-state index contributed by atoms with van der Waals surface area (Å²) in [5, 5.41) is 9.78. The summed E-state index contributed by atoms with van der Waals surface area (Å²) in [6.45, 7) is 1.09. The molecule has 2 rings (SSSR count). The molecule has 0 aromatic heterocycles. The molecule has 6 heteroatoms. The Morgan fingerprint density at radius 1 is 1.33 bits per heavy atom. The molecule has 1 aromatic carbocycles. The molecule has 1 amide bonds. The lowest BCUT2D eigenvalue weighted by Gasteiger charge is -2.14. The van der Waals surface area contributed by atoms with Crippen molar-refractivity contribution in [3.8, 4) is 0 Å². The number of nitrogens with one attached hydrogen (secondary N) is 3. The number of carbonyl (C=O) groups excluding carboxylic acids is 1. The lowest BCUT2D eigenvalue weighted by atomic mass is 10.2. The summed E-state index contributed by atoms with van der Waals surface area (Å²) in [4.78, 5) is 16.0. The molecule has 1 fully saturated rings. The van der Waals surface area contributed by atoms with Gasteiger partial charge in [0, 0.05) is 24.5 Å². The summed E-state index contributed by atoms with van der Waals surface area (Å²) in [5.74, 6) is 1.84. The van der Waals surface area contributed by atoms with E-state index in [1.54, 1.807) is 7.05 Å². The highest BCUT2D eigenvalue weighted by atomic mass is 32.2. The van der Waals surface area contributed by atoms with Crippen LogP contribution in [0.2, 0.25) is 0 Å². The third kappa shape index (κ3) is 5.67. The first kappa shape index (κ1) is 15.7. The quantitative estimate of drug-likeness (QED) is 0.572. The van der Waals surface area contributed by atoms with Crippen LogP contribution in [0.25, 0.3) is 0 Å². The maximum Gasteiger partial charge on any atom is 0.243 e. The van der Waals surface area contributed by atoms with Crippen molar-refractivity contribution < 1.29 is 4.79 Å². The first-order valence-electron chi connectivity index (χ1n) is 7.19. The normalized spacial score (nSPS) is 18.3. The van der Waals surface area contributed by atoms with Gasteiger partial charge in [0.1, 0.15) is 0 Å². The lowest BCUT2D eigenvalue weighted by molar-refractivity contribution is -0.115. The van der Waals surface area contributed by atoms with Crippen LogP contribution in [0, 0.1) is 0 Å². The van der Waals surface area contributed by atoms with Crippen molar-refractivity contribution in [1.82, 2.24) is 10.6 Å². The molecule has 1 unspecified atom stereocenters. The number of guanidine groups is 1. The summed E-state index contributed by atoms with van der Waals surface area (Å²) in [6, 6.07) is 9.43. The Hall–Kier alpha value is -1.69. The molecule has 0 saturated carbocycles. The maximum absolute atomic E-state index is 11.8. The van der Waals surface area contributed by atoms with Crippen molar-refractivity contribution in [2.24, 2.45) is 4.99 Å². The summed E-state index contributed by atoms with van der Waals surface area (Å²) >= 11 is 2.00. The Morgan fingerprint density at radius 2 is 2.14 bits per heavy atom. The summed E-state index contributed by atoms with van der Waals surface area (Å²) in [6.07, 6.45) is 2.55. The van der Waals surface area contributed by atoms with Gasteiger partial charge in [-0.2, -0.15) is 11.8 Å². The molecule has 5 nitrogen and oxygen atoms in total. The minimum absolute atomic E-state index is 0.0839. The minimum atomic E-state index is -0.0839. The SMILES string of the molecule is CN=C(NCC(=O)Nc1ccccc1)NCC1CCCS1. The molecule has 1 heterocycles. The Kier molecular flexibility index (Phi) is 6.40. The van der Waals surface area contributed by atoms with E-state index in [0.717, 1.165) is 12.2 Å². The molecule has 1 aliphatic rings. The van der Waals surface area contributed by atoms with Gasteiger partial charge in [-0.1, -0.05) is 18.2 Å². The van der Waals surface area contributed by atoms with Gasteiger partial charge in [-0.15, -0.1) is 0 Å². The van der Waals surface area contributed by atoms with E-state index in [2.05, 4.69) is 20.9 Å². The summed E-state index contributed by atoms with van der Waals surface area (Å²) in [5.41, 5.74) is 0.801. The van der Waals surface area contributed by atoms with Gasteiger partial charge in [0.05, 0.1) is 6.54 Å². The highest BCUT2D eigenvalue weighted by molar-refractivity contribution is 8.00. The zero-order valence-corrected chi connectivity index (χ0v) is 13.1. The topological polar surface area (TPSA) is 65.5 Å². The van der Waals surface area contributed by atoms with Gasteiger partial charge >= 0.3 is 0 Å². The predicted molar refractivity (Wildman–Crippen MR) is 89.9 cm³/mol. The van der Waals surface area contributed by atoms with Gasteiger partial charge in [-0.3, -0.25) is 9.79 Å². The van der Waals surface area contributed by atoms with E-state index in [4.69, 9.17) is 0 Å². The number of nitrogens with zero attached hydrogens (tertiary/aromatic N) is 1. The molecule has 0 aliphatic carbocycles. The first-order chi connectivity index (χ1) is 10.3. The number of para-hydroxylation sites is 1. The van der Waals surface area contributed by atoms with E-state index >= 15 is 0 Å². The van der Waals surface area contributed by atoms with E-state index in [9.17, 15) is 4.79 Å². The van der Waals surface area contributed by atoms with Gasteiger partial charge < -0.3 is 16.0 Å². The molecule has 1 aliphatic heterocycles. The Morgan fingerprint density at radius 3 is 2.81 bits per heavy atom. The first-order valence-corrected chi connectivity index (χ1v) is 8.24. The van der Waals surface area contributed by atoms with Crippen LogP contribution in [-0.2, 0) is 4.79 Å². The molecule has 1 atom stereocenters. The van der Waals surface area contributed by atoms with Gasteiger partial charge in [0.25, 0.3) is 0 Å². The average Bonchev–Trinajstić information content (AvgIpc) is 3.02. The van der Waals surface area contributed by atoms with Crippen molar-refractivity contribution in [3.05, 3.63) is 30.3 Å². The number of amides is 1. The van der Waals surface area contributed by atoms with Crippen LogP contribution in [0.4, 0.5) is 5.69 Å². The Labute approximate surface area is 130 Å². The number of thioether (sulfide) groups is 1. The van der Waals surface area contributed by atoms with Crippen molar-refractivity contribution in [2.75, 3.05) is 31.2 Å². The molecular weight excluding hydrogens is 284 g/mol. The Balaban J connectivity index is 1.68. The zero-order chi connectivity index (χ0) is 14.9. The predicted octanol–water partition coefficient (Wildman–Crippen LogP) is 1.69. The van der Waals surface area contributed by atoms with Crippen LogP contribution in [0.3, 0.4) is 0 Å². The molecule has 1 saturated heterocycles. The zero-order valence-electron chi connectivity index (χ0n) is 12.3. The number of anilines is 1. The second-order valence-electron chi connectivity index (χ2n) is 4.86. The second kappa shape index (κ2) is 8.56. The molecule has 3 N–H and O–H groups in total. The third-order valence-corrected chi connectivity index (χ3v) is 4.62. The van der Waals surface area contributed by atoms with Gasteiger partial charge in [-0.05, 0) is 30.7 Å². The molecule has 0 bridgehead atoms. The highest BCUT2D eigenvalue weighted by Crippen LogP contribution is 2.25. The monoisotopic (exact) mass is 306 g/mol. The van der Waals surface area contributed by atoms with E-state index in [1.165, 1.54) is 18.6 Å². The van der Waals surface area contributed by atoms with E-state index in [0.29, 0.717) is 11.2 Å². The molecule has 21 heavy (non-hydrogen) atoms. The van der Waals surface area contributed by atoms with Crippen molar-refractivity contribution in [1.29, 1.82) is 0 Å².